The van der Waals surface area contributed by atoms with Crippen molar-refractivity contribution in [2.75, 3.05) is 0 Å². The van der Waals surface area contributed by atoms with E-state index in [1.54, 1.807) is 32.0 Å². The summed E-state index contributed by atoms with van der Waals surface area (Å²) in [6, 6.07) is 8.88. The lowest BCUT2D eigenvalue weighted by Gasteiger charge is -2.20. The largest absolute Gasteiger partial charge is 0.459 e. The van der Waals surface area contributed by atoms with E-state index in [9.17, 15) is 14.4 Å². The number of nitrogens with zero attached hydrogens (tertiary/aromatic N) is 2. The SMILES string of the molecule is Cc1cccc2nc(COC(=O)[C@@H](NC(=O)c3ccco3)C(C)C)cc(=O)n12. The summed E-state index contributed by atoms with van der Waals surface area (Å²) in [4.78, 5) is 41.3. The van der Waals surface area contributed by atoms with Gasteiger partial charge in [-0.25, -0.2) is 9.78 Å². The molecule has 0 saturated heterocycles. The smallest absolute Gasteiger partial charge is 0.329 e. The topological polar surface area (TPSA) is 103 Å². The van der Waals surface area contributed by atoms with Gasteiger partial charge in [-0.05, 0) is 37.1 Å². The van der Waals surface area contributed by atoms with Crippen LogP contribution in [0, 0.1) is 12.8 Å². The molecule has 146 valence electrons. The van der Waals surface area contributed by atoms with Crippen LogP contribution in [0.5, 0.6) is 0 Å². The van der Waals surface area contributed by atoms with Gasteiger partial charge in [-0.2, -0.15) is 0 Å². The number of ether oxygens (including phenoxy) is 1. The summed E-state index contributed by atoms with van der Waals surface area (Å²) in [5.74, 6) is -1.21. The minimum absolute atomic E-state index is 0.109. The summed E-state index contributed by atoms with van der Waals surface area (Å²) >= 11 is 0. The maximum absolute atomic E-state index is 12.5. The number of aromatic nitrogens is 2. The van der Waals surface area contributed by atoms with Gasteiger partial charge in [0.25, 0.3) is 11.5 Å². The third-order valence-corrected chi connectivity index (χ3v) is 4.25. The van der Waals surface area contributed by atoms with Crippen LogP contribution in [0.3, 0.4) is 0 Å². The molecule has 0 fully saturated rings. The molecule has 0 saturated carbocycles. The molecule has 3 aromatic heterocycles. The van der Waals surface area contributed by atoms with Gasteiger partial charge in [0.05, 0.1) is 12.0 Å². The van der Waals surface area contributed by atoms with Crippen LogP contribution < -0.4 is 10.9 Å². The highest BCUT2D eigenvalue weighted by atomic mass is 16.5. The number of aryl methyl sites for hydroxylation is 1. The number of pyridine rings is 1. The highest BCUT2D eigenvalue weighted by molar-refractivity contribution is 5.94. The average Bonchev–Trinajstić information content (AvgIpc) is 3.18. The van der Waals surface area contributed by atoms with Crippen molar-refractivity contribution >= 4 is 17.5 Å². The molecule has 3 aromatic rings. The molecule has 8 heteroatoms. The van der Waals surface area contributed by atoms with Gasteiger partial charge in [0, 0.05) is 11.8 Å². The normalized spacial score (nSPS) is 12.1. The molecular formula is C20H21N3O5. The maximum Gasteiger partial charge on any atom is 0.329 e. The Bertz CT molecular complexity index is 1050. The van der Waals surface area contributed by atoms with E-state index >= 15 is 0 Å². The minimum Gasteiger partial charge on any atom is -0.459 e. The third-order valence-electron chi connectivity index (χ3n) is 4.25. The van der Waals surface area contributed by atoms with Crippen molar-refractivity contribution in [1.82, 2.24) is 14.7 Å². The van der Waals surface area contributed by atoms with E-state index < -0.39 is 17.9 Å². The fraction of sp³-hybridized carbons (Fsp3) is 0.300. The second-order valence-corrected chi connectivity index (χ2v) is 6.73. The van der Waals surface area contributed by atoms with Crippen molar-refractivity contribution in [3.05, 3.63) is 70.2 Å². The Morgan fingerprint density at radius 1 is 1.25 bits per heavy atom. The molecular weight excluding hydrogens is 362 g/mol. The summed E-state index contributed by atoms with van der Waals surface area (Å²) in [5.41, 5.74) is 1.33. The lowest BCUT2D eigenvalue weighted by atomic mass is 10.0. The number of carbonyl (C=O) groups is 2. The van der Waals surface area contributed by atoms with E-state index in [4.69, 9.17) is 9.15 Å². The molecule has 0 aliphatic carbocycles. The summed E-state index contributed by atoms with van der Waals surface area (Å²) in [6.07, 6.45) is 1.38. The van der Waals surface area contributed by atoms with Crippen LogP contribution in [0.4, 0.5) is 0 Å². The first kappa shape index (κ1) is 19.3. The van der Waals surface area contributed by atoms with Crippen molar-refractivity contribution in [2.45, 2.75) is 33.4 Å². The molecule has 0 aliphatic heterocycles. The molecule has 0 aliphatic rings. The first-order valence-electron chi connectivity index (χ1n) is 8.86. The van der Waals surface area contributed by atoms with E-state index in [1.165, 1.54) is 22.8 Å². The Labute approximate surface area is 161 Å². The van der Waals surface area contributed by atoms with Crippen LogP contribution in [0.1, 0.15) is 35.8 Å². The zero-order valence-corrected chi connectivity index (χ0v) is 15.8. The number of carbonyl (C=O) groups excluding carboxylic acids is 2. The van der Waals surface area contributed by atoms with E-state index in [2.05, 4.69) is 10.3 Å². The molecule has 0 unspecified atom stereocenters. The molecule has 8 nitrogen and oxygen atoms in total. The van der Waals surface area contributed by atoms with Gasteiger partial charge in [0.2, 0.25) is 0 Å². The van der Waals surface area contributed by atoms with Gasteiger partial charge in [-0.15, -0.1) is 0 Å². The molecule has 1 N–H and O–H groups in total. The second-order valence-electron chi connectivity index (χ2n) is 6.73. The number of amides is 1. The molecule has 3 rings (SSSR count). The maximum atomic E-state index is 12.5. The van der Waals surface area contributed by atoms with Gasteiger partial charge in [0.15, 0.2) is 5.76 Å². The number of rotatable bonds is 6. The lowest BCUT2D eigenvalue weighted by molar-refractivity contribution is -0.148. The number of furan rings is 1. The van der Waals surface area contributed by atoms with Crippen LogP contribution in [0.2, 0.25) is 0 Å². The minimum atomic E-state index is -0.860. The van der Waals surface area contributed by atoms with Gasteiger partial charge >= 0.3 is 5.97 Å². The first-order chi connectivity index (χ1) is 13.4. The molecule has 1 atom stereocenters. The first-order valence-corrected chi connectivity index (χ1v) is 8.86. The van der Waals surface area contributed by atoms with Gasteiger partial charge < -0.3 is 14.5 Å². The zero-order valence-electron chi connectivity index (χ0n) is 15.8. The van der Waals surface area contributed by atoms with Crippen molar-refractivity contribution in [3.8, 4) is 0 Å². The fourth-order valence-corrected chi connectivity index (χ4v) is 2.79. The summed E-state index contributed by atoms with van der Waals surface area (Å²) in [7, 11) is 0. The molecule has 1 amide bonds. The molecule has 3 heterocycles. The monoisotopic (exact) mass is 383 g/mol. The predicted octanol–water partition coefficient (Wildman–Crippen LogP) is 2.09. The highest BCUT2D eigenvalue weighted by Gasteiger charge is 2.27. The molecule has 0 spiro atoms. The number of hydrogen-bond acceptors (Lipinski definition) is 6. The molecule has 28 heavy (non-hydrogen) atoms. The van der Waals surface area contributed by atoms with Gasteiger partial charge in [-0.3, -0.25) is 14.0 Å². The highest BCUT2D eigenvalue weighted by Crippen LogP contribution is 2.09. The Hall–Kier alpha value is -3.42. The fourth-order valence-electron chi connectivity index (χ4n) is 2.79. The van der Waals surface area contributed by atoms with E-state index in [0.717, 1.165) is 5.69 Å². The standard InChI is InChI=1S/C20H21N3O5/c1-12(2)18(22-19(25)15-7-5-9-27-15)20(26)28-11-14-10-17(24)23-13(3)6-4-8-16(23)21-14/h4-10,12,18H,11H2,1-3H3,(H,22,25)/t18-/m0/s1. The second kappa shape index (κ2) is 8.08. The number of fused-ring (bicyclic) bond motifs is 1. The van der Waals surface area contributed by atoms with Crippen LogP contribution in [-0.4, -0.2) is 27.3 Å². The van der Waals surface area contributed by atoms with Crippen molar-refractivity contribution in [3.63, 3.8) is 0 Å². The third kappa shape index (κ3) is 4.11. The van der Waals surface area contributed by atoms with E-state index in [-0.39, 0.29) is 23.8 Å². The van der Waals surface area contributed by atoms with Crippen LogP contribution in [0.15, 0.2) is 51.9 Å². The quantitative estimate of drug-likeness (QED) is 0.654. The average molecular weight is 383 g/mol. The Morgan fingerprint density at radius 2 is 2.04 bits per heavy atom. The van der Waals surface area contributed by atoms with E-state index in [1.807, 2.05) is 13.0 Å². The summed E-state index contributed by atoms with van der Waals surface area (Å²) in [5, 5.41) is 2.61. The van der Waals surface area contributed by atoms with Gasteiger partial charge in [-0.1, -0.05) is 19.9 Å². The summed E-state index contributed by atoms with van der Waals surface area (Å²) < 4.78 is 11.8. The molecule has 0 aromatic carbocycles. The van der Waals surface area contributed by atoms with Crippen molar-refractivity contribution in [2.24, 2.45) is 5.92 Å². The van der Waals surface area contributed by atoms with Crippen LogP contribution >= 0.6 is 0 Å². The number of nitrogens with one attached hydrogen (secondary N) is 1. The van der Waals surface area contributed by atoms with E-state index in [0.29, 0.717) is 11.3 Å². The number of esters is 1. The van der Waals surface area contributed by atoms with Crippen molar-refractivity contribution < 1.29 is 18.7 Å². The van der Waals surface area contributed by atoms with Crippen molar-refractivity contribution in [1.29, 1.82) is 0 Å². The zero-order chi connectivity index (χ0) is 20.3. The lowest BCUT2D eigenvalue weighted by Crippen LogP contribution is -2.45. The number of hydrogen-bond donors (Lipinski definition) is 1. The molecule has 0 bridgehead atoms. The Balaban J connectivity index is 1.72. The predicted molar refractivity (Wildman–Crippen MR) is 101 cm³/mol. The Morgan fingerprint density at radius 3 is 2.71 bits per heavy atom. The molecule has 0 radical (unpaired) electrons. The van der Waals surface area contributed by atoms with Gasteiger partial charge in [0.1, 0.15) is 18.3 Å². The summed E-state index contributed by atoms with van der Waals surface area (Å²) in [6.45, 7) is 5.22. The Kier molecular flexibility index (Phi) is 5.58. The van der Waals surface area contributed by atoms with Crippen LogP contribution in [-0.2, 0) is 16.1 Å². The van der Waals surface area contributed by atoms with Crippen LogP contribution in [0.25, 0.3) is 5.65 Å².